The predicted octanol–water partition coefficient (Wildman–Crippen LogP) is 6.75. The second-order valence-corrected chi connectivity index (χ2v) is 17.5. The lowest BCUT2D eigenvalue weighted by Crippen LogP contribution is -2.45. The van der Waals surface area contributed by atoms with Gasteiger partial charge in [0.2, 0.25) is 13.6 Å². The van der Waals surface area contributed by atoms with Crippen molar-refractivity contribution in [1.82, 2.24) is 0 Å². The van der Waals surface area contributed by atoms with Crippen LogP contribution in [0.5, 0.6) is 23.0 Å². The number of aliphatic hydroxyl groups is 1. The molecular formula is C33H40O8Si. The van der Waals surface area contributed by atoms with Crippen molar-refractivity contribution in [2.45, 2.75) is 64.0 Å². The number of hydrogen-bond acceptors (Lipinski definition) is 8. The van der Waals surface area contributed by atoms with Crippen LogP contribution in [0.3, 0.4) is 0 Å². The van der Waals surface area contributed by atoms with E-state index in [1.807, 2.05) is 66.7 Å². The molecule has 0 radical (unpaired) electrons. The fourth-order valence-electron chi connectivity index (χ4n) is 5.58. The van der Waals surface area contributed by atoms with Crippen LogP contribution in [0.25, 0.3) is 0 Å². The average Bonchev–Trinajstić information content (AvgIpc) is 3.70. The Labute approximate surface area is 248 Å². The highest BCUT2D eigenvalue weighted by Gasteiger charge is 2.52. The maximum absolute atomic E-state index is 11.7. The summed E-state index contributed by atoms with van der Waals surface area (Å²) in [5, 5.41) is 11.6. The van der Waals surface area contributed by atoms with Gasteiger partial charge >= 0.3 is 0 Å². The molecule has 1 saturated heterocycles. The van der Waals surface area contributed by atoms with Crippen molar-refractivity contribution in [3.8, 4) is 23.0 Å². The first kappa shape index (κ1) is 29.0. The number of aliphatic hydroxyl groups excluding tert-OH is 1. The van der Waals surface area contributed by atoms with Gasteiger partial charge in [-0.3, -0.25) is 0 Å². The Hall–Kier alpha value is -3.08. The summed E-state index contributed by atoms with van der Waals surface area (Å²) in [5.74, 6) is 2.09. The largest absolute Gasteiger partial charge is 0.454 e. The van der Waals surface area contributed by atoms with Gasteiger partial charge in [0.25, 0.3) is 0 Å². The molecule has 3 aliphatic rings. The highest BCUT2D eigenvalue weighted by molar-refractivity contribution is 6.74. The van der Waals surface area contributed by atoms with Crippen molar-refractivity contribution in [2.75, 3.05) is 20.2 Å². The van der Waals surface area contributed by atoms with Crippen molar-refractivity contribution in [3.63, 3.8) is 0 Å². The molecule has 0 saturated carbocycles. The zero-order valence-electron chi connectivity index (χ0n) is 24.9. The summed E-state index contributed by atoms with van der Waals surface area (Å²) in [5.41, 5.74) is 2.89. The summed E-state index contributed by atoms with van der Waals surface area (Å²) in [7, 11) is -2.32. The van der Waals surface area contributed by atoms with E-state index in [1.165, 1.54) is 0 Å². The summed E-state index contributed by atoms with van der Waals surface area (Å²) >= 11 is 0. The molecule has 3 aromatic rings. The first-order valence-corrected chi connectivity index (χ1v) is 17.4. The Bertz CT molecular complexity index is 1390. The van der Waals surface area contributed by atoms with E-state index >= 15 is 0 Å². The standard InChI is InChI=1S/C33H40O8Si/c1-33(2,3)42(4,5)41-31(23-12-14-26-28(16-23)39-20-37-26)29-24(18-35-17-21-9-7-6-8-10-21)30(40-32(29)34)22-11-13-25-27(15-22)38-19-36-25/h6-16,24,29-32,34H,17-20H2,1-5H3/t24-,29+,30+,31?,32?/m0/s1. The summed E-state index contributed by atoms with van der Waals surface area (Å²) in [4.78, 5) is 0. The van der Waals surface area contributed by atoms with Crippen LogP contribution in [-0.4, -0.2) is 39.9 Å². The molecule has 5 atom stereocenters. The van der Waals surface area contributed by atoms with E-state index in [1.54, 1.807) is 0 Å². The van der Waals surface area contributed by atoms with E-state index < -0.39 is 32.7 Å². The highest BCUT2D eigenvalue weighted by Crippen LogP contribution is 2.52. The van der Waals surface area contributed by atoms with Crippen LogP contribution in [0.4, 0.5) is 0 Å². The molecule has 0 amide bonds. The molecule has 0 aromatic heterocycles. The van der Waals surface area contributed by atoms with Crippen LogP contribution >= 0.6 is 0 Å². The molecule has 224 valence electrons. The first-order valence-electron chi connectivity index (χ1n) is 14.5. The topological polar surface area (TPSA) is 84.8 Å². The summed E-state index contributed by atoms with van der Waals surface area (Å²) in [6.45, 7) is 12.3. The van der Waals surface area contributed by atoms with Crippen molar-refractivity contribution in [1.29, 1.82) is 0 Å². The number of hydrogen-bond donors (Lipinski definition) is 1. The van der Waals surface area contributed by atoms with E-state index in [-0.39, 0.29) is 24.5 Å². The van der Waals surface area contributed by atoms with E-state index in [9.17, 15) is 5.11 Å². The minimum absolute atomic E-state index is 0.0535. The Morgan fingerprint density at radius 1 is 0.857 bits per heavy atom. The quantitative estimate of drug-likeness (QED) is 0.273. The van der Waals surface area contributed by atoms with Gasteiger partial charge in [-0.05, 0) is 59.1 Å². The number of ether oxygens (including phenoxy) is 6. The van der Waals surface area contributed by atoms with E-state index in [0.717, 1.165) is 16.7 Å². The average molecular weight is 593 g/mol. The lowest BCUT2D eigenvalue weighted by molar-refractivity contribution is -0.125. The predicted molar refractivity (Wildman–Crippen MR) is 159 cm³/mol. The van der Waals surface area contributed by atoms with Crippen LogP contribution in [0.15, 0.2) is 66.7 Å². The van der Waals surface area contributed by atoms with Gasteiger partial charge in [-0.15, -0.1) is 0 Å². The van der Waals surface area contributed by atoms with Gasteiger partial charge in [0.05, 0.1) is 25.4 Å². The lowest BCUT2D eigenvalue weighted by Gasteiger charge is -2.42. The number of benzene rings is 3. The second-order valence-electron chi connectivity index (χ2n) is 12.7. The molecule has 1 fully saturated rings. The van der Waals surface area contributed by atoms with Crippen LogP contribution in [0.1, 0.15) is 49.7 Å². The Balaban J connectivity index is 1.38. The van der Waals surface area contributed by atoms with Crippen LogP contribution < -0.4 is 18.9 Å². The van der Waals surface area contributed by atoms with Gasteiger partial charge in [0, 0.05) is 11.8 Å². The Morgan fingerprint density at radius 2 is 1.50 bits per heavy atom. The van der Waals surface area contributed by atoms with Crippen molar-refractivity contribution >= 4 is 8.32 Å². The van der Waals surface area contributed by atoms with Gasteiger partial charge in [-0.2, -0.15) is 0 Å². The van der Waals surface area contributed by atoms with E-state index in [0.29, 0.717) is 36.2 Å². The zero-order valence-corrected chi connectivity index (χ0v) is 25.9. The van der Waals surface area contributed by atoms with Crippen molar-refractivity contribution in [2.24, 2.45) is 11.8 Å². The highest BCUT2D eigenvalue weighted by atomic mass is 28.4. The van der Waals surface area contributed by atoms with Crippen LogP contribution in [0.2, 0.25) is 18.1 Å². The fourth-order valence-corrected chi connectivity index (χ4v) is 6.87. The fraction of sp³-hybridized carbons (Fsp3) is 0.455. The minimum Gasteiger partial charge on any atom is -0.454 e. The summed E-state index contributed by atoms with van der Waals surface area (Å²) in [6, 6.07) is 21.8. The van der Waals surface area contributed by atoms with Gasteiger partial charge < -0.3 is 38.0 Å². The third kappa shape index (κ3) is 5.76. The molecule has 6 rings (SSSR count). The third-order valence-corrected chi connectivity index (χ3v) is 13.4. The number of rotatable bonds is 9. The van der Waals surface area contributed by atoms with Gasteiger partial charge in [-0.25, -0.2) is 0 Å². The SMILES string of the molecule is CC(C)(C)[Si](C)(C)OC(c1ccc2c(c1)OCO2)[C@@H]1C(O)O[C@H](c2ccc3c(c2)OCO3)[C@H]1COCc1ccccc1. The Morgan fingerprint density at radius 3 is 2.19 bits per heavy atom. The van der Waals surface area contributed by atoms with Gasteiger partial charge in [0.15, 0.2) is 37.6 Å². The molecule has 0 bridgehead atoms. The number of fused-ring (bicyclic) bond motifs is 2. The maximum Gasteiger partial charge on any atom is 0.231 e. The van der Waals surface area contributed by atoms with E-state index in [4.69, 9.17) is 32.8 Å². The first-order chi connectivity index (χ1) is 20.1. The molecular weight excluding hydrogens is 552 g/mol. The molecule has 0 aliphatic carbocycles. The molecule has 0 spiro atoms. The normalized spacial score (nSPS) is 23.8. The third-order valence-electron chi connectivity index (χ3n) is 8.95. The summed E-state index contributed by atoms with van der Waals surface area (Å²) in [6.07, 6.45) is -2.01. The molecule has 3 aromatic carbocycles. The summed E-state index contributed by atoms with van der Waals surface area (Å²) < 4.78 is 42.4. The minimum atomic E-state index is -2.32. The molecule has 9 heteroatoms. The molecule has 2 unspecified atom stereocenters. The monoisotopic (exact) mass is 592 g/mol. The molecule has 3 aliphatic heterocycles. The molecule has 1 N–H and O–H groups in total. The molecule has 42 heavy (non-hydrogen) atoms. The van der Waals surface area contributed by atoms with Crippen molar-refractivity contribution < 1.29 is 38.0 Å². The second kappa shape index (κ2) is 11.5. The van der Waals surface area contributed by atoms with Gasteiger partial charge in [0.1, 0.15) is 0 Å². The lowest BCUT2D eigenvalue weighted by atomic mass is 9.81. The van der Waals surface area contributed by atoms with E-state index in [2.05, 4.69) is 33.9 Å². The Kier molecular flexibility index (Phi) is 7.97. The molecule has 3 heterocycles. The zero-order chi connectivity index (χ0) is 29.5. The van der Waals surface area contributed by atoms with Crippen LogP contribution in [-0.2, 0) is 20.5 Å². The van der Waals surface area contributed by atoms with Gasteiger partial charge in [-0.1, -0.05) is 63.2 Å². The smallest absolute Gasteiger partial charge is 0.231 e. The molecule has 8 nitrogen and oxygen atoms in total. The van der Waals surface area contributed by atoms with Crippen molar-refractivity contribution in [3.05, 3.63) is 83.4 Å². The maximum atomic E-state index is 11.7. The van der Waals surface area contributed by atoms with Crippen LogP contribution in [0, 0.1) is 11.8 Å².